The highest BCUT2D eigenvalue weighted by Crippen LogP contribution is 2.12. The molecule has 1 unspecified atom stereocenters. The summed E-state index contributed by atoms with van der Waals surface area (Å²) >= 11 is 0. The molecule has 0 spiro atoms. The zero-order valence-electron chi connectivity index (χ0n) is 11.8. The Morgan fingerprint density at radius 1 is 1.29 bits per heavy atom. The van der Waals surface area contributed by atoms with Crippen LogP contribution in [0.3, 0.4) is 0 Å². The Morgan fingerprint density at radius 2 is 2.05 bits per heavy atom. The number of nitrogens with two attached hydrogens (primary N) is 1. The molecule has 5 nitrogen and oxygen atoms in total. The second kappa shape index (κ2) is 9.15. The van der Waals surface area contributed by atoms with Gasteiger partial charge in [0.05, 0.1) is 0 Å². The molecule has 0 saturated carbocycles. The zero-order valence-corrected chi connectivity index (χ0v) is 12.6. The molecular formula is C15H21ClN4O. The fourth-order valence-corrected chi connectivity index (χ4v) is 1.99. The first-order chi connectivity index (χ1) is 9.75. The monoisotopic (exact) mass is 308 g/mol. The Bertz CT molecular complexity index is 516. The molecule has 0 aliphatic heterocycles. The van der Waals surface area contributed by atoms with Gasteiger partial charge in [0, 0.05) is 37.9 Å². The first-order valence-electron chi connectivity index (χ1n) is 6.80. The first kappa shape index (κ1) is 17.2. The second-order valence-corrected chi connectivity index (χ2v) is 4.69. The fourth-order valence-electron chi connectivity index (χ4n) is 1.99. The number of hydrogen-bond acceptors (Lipinski definition) is 3. The Morgan fingerprint density at radius 3 is 2.71 bits per heavy atom. The number of carbonyl (C=O) groups excluding carboxylic acids is 1. The van der Waals surface area contributed by atoms with Gasteiger partial charge in [-0.1, -0.05) is 30.3 Å². The molecule has 0 radical (unpaired) electrons. The minimum Gasteiger partial charge on any atom is -0.356 e. The van der Waals surface area contributed by atoms with Crippen LogP contribution >= 0.6 is 12.4 Å². The van der Waals surface area contributed by atoms with E-state index >= 15 is 0 Å². The van der Waals surface area contributed by atoms with Crippen molar-refractivity contribution < 1.29 is 4.79 Å². The topological polar surface area (TPSA) is 72.9 Å². The van der Waals surface area contributed by atoms with E-state index in [1.165, 1.54) is 0 Å². The van der Waals surface area contributed by atoms with Crippen LogP contribution in [0.4, 0.5) is 0 Å². The van der Waals surface area contributed by atoms with Crippen molar-refractivity contribution in [3.05, 3.63) is 54.4 Å². The number of benzene rings is 1. The van der Waals surface area contributed by atoms with Crippen LogP contribution in [-0.4, -0.2) is 22.2 Å². The van der Waals surface area contributed by atoms with Crippen LogP contribution in [-0.2, 0) is 11.3 Å². The van der Waals surface area contributed by atoms with Gasteiger partial charge < -0.3 is 11.1 Å². The number of nitrogens with zero attached hydrogens (tertiary/aromatic N) is 2. The highest BCUT2D eigenvalue weighted by Gasteiger charge is 2.10. The van der Waals surface area contributed by atoms with Crippen LogP contribution in [0, 0.1) is 0 Å². The molecule has 0 aliphatic carbocycles. The number of aromatic nitrogens is 2. The molecule has 0 bridgehead atoms. The molecule has 21 heavy (non-hydrogen) atoms. The standard InChI is InChI=1S/C15H20N4O.ClH/c16-14(13-6-2-1-3-7-13)12-15(20)17-8-4-10-19-11-5-9-18-19;/h1-3,5-7,9,11,14H,4,8,10,12,16H2,(H,17,20);1H. The first-order valence-corrected chi connectivity index (χ1v) is 6.80. The Hall–Kier alpha value is -1.85. The van der Waals surface area contributed by atoms with Gasteiger partial charge in [-0.25, -0.2) is 0 Å². The number of nitrogens with one attached hydrogen (secondary N) is 1. The van der Waals surface area contributed by atoms with Gasteiger partial charge in [0.25, 0.3) is 0 Å². The van der Waals surface area contributed by atoms with Crippen LogP contribution in [0.25, 0.3) is 0 Å². The number of aryl methyl sites for hydroxylation is 1. The van der Waals surface area contributed by atoms with Gasteiger partial charge in [-0.15, -0.1) is 12.4 Å². The highest BCUT2D eigenvalue weighted by atomic mass is 35.5. The minimum absolute atomic E-state index is 0. The van der Waals surface area contributed by atoms with Crippen molar-refractivity contribution in [1.82, 2.24) is 15.1 Å². The largest absolute Gasteiger partial charge is 0.356 e. The lowest BCUT2D eigenvalue weighted by Gasteiger charge is -2.12. The molecule has 1 aromatic carbocycles. The van der Waals surface area contributed by atoms with Gasteiger partial charge in [-0.05, 0) is 18.1 Å². The predicted molar refractivity (Wildman–Crippen MR) is 85.1 cm³/mol. The van der Waals surface area contributed by atoms with Crippen molar-refractivity contribution in [2.24, 2.45) is 5.73 Å². The molecule has 0 fully saturated rings. The van der Waals surface area contributed by atoms with Crippen molar-refractivity contribution in [2.45, 2.75) is 25.4 Å². The number of carbonyl (C=O) groups is 1. The molecule has 1 heterocycles. The maximum Gasteiger partial charge on any atom is 0.221 e. The van der Waals surface area contributed by atoms with E-state index in [0.717, 1.165) is 18.5 Å². The molecule has 6 heteroatoms. The molecule has 0 saturated heterocycles. The van der Waals surface area contributed by atoms with Crippen molar-refractivity contribution in [2.75, 3.05) is 6.54 Å². The van der Waals surface area contributed by atoms with E-state index in [2.05, 4.69) is 10.4 Å². The fraction of sp³-hybridized carbons (Fsp3) is 0.333. The third-order valence-corrected chi connectivity index (χ3v) is 3.08. The van der Waals surface area contributed by atoms with Crippen molar-refractivity contribution in [3.63, 3.8) is 0 Å². The molecule has 0 aliphatic rings. The minimum atomic E-state index is -0.248. The Labute approximate surface area is 130 Å². The van der Waals surface area contributed by atoms with E-state index in [4.69, 9.17) is 5.73 Å². The normalized spacial score (nSPS) is 11.5. The van der Waals surface area contributed by atoms with Crippen LogP contribution in [0.1, 0.15) is 24.4 Å². The summed E-state index contributed by atoms with van der Waals surface area (Å²) < 4.78 is 1.85. The SMILES string of the molecule is Cl.NC(CC(=O)NCCCn1cccn1)c1ccccc1. The van der Waals surface area contributed by atoms with Crippen molar-refractivity contribution >= 4 is 18.3 Å². The van der Waals surface area contributed by atoms with Gasteiger partial charge in [0.1, 0.15) is 0 Å². The van der Waals surface area contributed by atoms with Gasteiger partial charge >= 0.3 is 0 Å². The lowest BCUT2D eigenvalue weighted by Crippen LogP contribution is -2.28. The number of hydrogen-bond donors (Lipinski definition) is 2. The van der Waals surface area contributed by atoms with Crippen LogP contribution in [0.15, 0.2) is 48.8 Å². The zero-order chi connectivity index (χ0) is 14.2. The molecule has 1 atom stereocenters. The van der Waals surface area contributed by atoms with E-state index in [-0.39, 0.29) is 24.4 Å². The molecule has 1 amide bonds. The average molecular weight is 309 g/mol. The third kappa shape index (κ3) is 5.97. The molecule has 2 aromatic rings. The summed E-state index contributed by atoms with van der Waals surface area (Å²) in [5.74, 6) is -0.0122. The maximum absolute atomic E-state index is 11.8. The van der Waals surface area contributed by atoms with E-state index in [0.29, 0.717) is 13.0 Å². The summed E-state index contributed by atoms with van der Waals surface area (Å²) in [4.78, 5) is 11.8. The Kier molecular flexibility index (Phi) is 7.50. The lowest BCUT2D eigenvalue weighted by molar-refractivity contribution is -0.121. The molecule has 1 aromatic heterocycles. The van der Waals surface area contributed by atoms with E-state index in [1.807, 2.05) is 47.3 Å². The molecular weight excluding hydrogens is 288 g/mol. The van der Waals surface area contributed by atoms with E-state index in [1.54, 1.807) is 6.20 Å². The summed E-state index contributed by atoms with van der Waals surface area (Å²) in [6, 6.07) is 11.3. The number of amides is 1. The van der Waals surface area contributed by atoms with Crippen LogP contribution in [0.2, 0.25) is 0 Å². The second-order valence-electron chi connectivity index (χ2n) is 4.69. The highest BCUT2D eigenvalue weighted by molar-refractivity contribution is 5.85. The number of rotatable bonds is 7. The number of halogens is 1. The molecule has 2 rings (SSSR count). The molecule has 3 N–H and O–H groups in total. The van der Waals surface area contributed by atoms with Gasteiger partial charge in [0.15, 0.2) is 0 Å². The predicted octanol–water partition coefficient (Wildman–Crippen LogP) is 1.90. The van der Waals surface area contributed by atoms with Gasteiger partial charge in [0.2, 0.25) is 5.91 Å². The van der Waals surface area contributed by atoms with Crippen LogP contribution < -0.4 is 11.1 Å². The molecule has 114 valence electrons. The summed E-state index contributed by atoms with van der Waals surface area (Å²) in [5.41, 5.74) is 6.99. The summed E-state index contributed by atoms with van der Waals surface area (Å²) in [6.45, 7) is 1.44. The Balaban J connectivity index is 0.00000220. The third-order valence-electron chi connectivity index (χ3n) is 3.08. The summed E-state index contributed by atoms with van der Waals surface area (Å²) in [6.07, 6.45) is 4.82. The van der Waals surface area contributed by atoms with E-state index < -0.39 is 0 Å². The van der Waals surface area contributed by atoms with Crippen LogP contribution in [0.5, 0.6) is 0 Å². The summed E-state index contributed by atoms with van der Waals surface area (Å²) in [7, 11) is 0. The lowest BCUT2D eigenvalue weighted by atomic mass is 10.0. The van der Waals surface area contributed by atoms with Gasteiger partial charge in [-0.3, -0.25) is 9.48 Å². The van der Waals surface area contributed by atoms with Gasteiger partial charge in [-0.2, -0.15) is 5.10 Å². The van der Waals surface area contributed by atoms with Crippen molar-refractivity contribution in [1.29, 1.82) is 0 Å². The smallest absolute Gasteiger partial charge is 0.221 e. The summed E-state index contributed by atoms with van der Waals surface area (Å²) in [5, 5.41) is 6.99. The average Bonchev–Trinajstić information content (AvgIpc) is 2.98. The maximum atomic E-state index is 11.8. The quantitative estimate of drug-likeness (QED) is 0.767. The van der Waals surface area contributed by atoms with E-state index in [9.17, 15) is 4.79 Å². The van der Waals surface area contributed by atoms with Crippen molar-refractivity contribution in [3.8, 4) is 0 Å².